The quantitative estimate of drug-likeness (QED) is 0.259. The third-order valence-electron chi connectivity index (χ3n) is 8.97. The standard InChI is InChI=1S/C37H36FN7O6/c1-43-10-5-8-31(43)37(49)45-11-9-32-30(19-45)42-34(46)20-44(2)36(48)24-14-23(35(47)39-18-33-40-28-6-3-4-7-29(28)41-33)15-27(16-24)51-26-13-22(21-50-32)12-25(38)17-26/h3-8,10,12-17,30,32H,9,11,18-21H2,1-2H3,(H,39,47)(H,40,41)(H,42,46)/t30-,32+/m1/s1. The zero-order valence-electron chi connectivity index (χ0n) is 28.0. The summed E-state index contributed by atoms with van der Waals surface area (Å²) in [5.74, 6) is -1.47. The molecule has 0 radical (unpaired) electrons. The second kappa shape index (κ2) is 14.1. The number of hydrogen-bond donors (Lipinski definition) is 3. The average Bonchev–Trinajstić information content (AvgIpc) is 3.74. The Balaban J connectivity index is 1.15. The molecule has 2 aliphatic heterocycles. The monoisotopic (exact) mass is 693 g/mol. The van der Waals surface area contributed by atoms with Crippen LogP contribution < -0.4 is 15.4 Å². The number of benzene rings is 3. The number of aromatic nitrogens is 3. The highest BCUT2D eigenvalue weighted by atomic mass is 19.1. The Labute approximate surface area is 292 Å². The van der Waals surface area contributed by atoms with Crippen LogP contribution in [0.4, 0.5) is 4.39 Å². The van der Waals surface area contributed by atoms with Crippen molar-refractivity contribution in [3.8, 4) is 11.5 Å². The molecule has 0 saturated carbocycles. The van der Waals surface area contributed by atoms with Gasteiger partial charge in [-0.15, -0.1) is 0 Å². The zero-order chi connectivity index (χ0) is 35.6. The molecular formula is C37H36FN7O6. The summed E-state index contributed by atoms with van der Waals surface area (Å²) in [6.45, 7) is 0.344. The molecule has 14 heteroatoms. The summed E-state index contributed by atoms with van der Waals surface area (Å²) in [5, 5.41) is 5.78. The van der Waals surface area contributed by atoms with E-state index < -0.39 is 35.7 Å². The van der Waals surface area contributed by atoms with Crippen LogP contribution in [0, 0.1) is 5.82 Å². The molecule has 2 aliphatic rings. The third-order valence-corrected chi connectivity index (χ3v) is 8.97. The van der Waals surface area contributed by atoms with Gasteiger partial charge in [0.05, 0.1) is 42.9 Å². The summed E-state index contributed by atoms with van der Waals surface area (Å²) in [4.78, 5) is 64.4. The molecular weight excluding hydrogens is 657 g/mol. The van der Waals surface area contributed by atoms with Crippen LogP contribution in [0.25, 0.3) is 11.0 Å². The van der Waals surface area contributed by atoms with Gasteiger partial charge < -0.3 is 39.5 Å². The number of aromatic amines is 1. The summed E-state index contributed by atoms with van der Waals surface area (Å²) in [5.41, 5.74) is 2.76. The molecule has 2 aromatic heterocycles. The maximum atomic E-state index is 14.9. The van der Waals surface area contributed by atoms with Gasteiger partial charge in [-0.05, 0) is 66.6 Å². The Morgan fingerprint density at radius 3 is 2.65 bits per heavy atom. The maximum absolute atomic E-state index is 14.9. The van der Waals surface area contributed by atoms with Gasteiger partial charge >= 0.3 is 0 Å². The second-order valence-corrected chi connectivity index (χ2v) is 12.8. The number of carbonyl (C=O) groups excluding carboxylic acids is 4. The van der Waals surface area contributed by atoms with Crippen LogP contribution in [-0.4, -0.2) is 86.8 Å². The van der Waals surface area contributed by atoms with Gasteiger partial charge in [-0.25, -0.2) is 9.37 Å². The van der Waals surface area contributed by atoms with Gasteiger partial charge in [-0.1, -0.05) is 12.1 Å². The van der Waals surface area contributed by atoms with Crippen molar-refractivity contribution >= 4 is 34.7 Å². The first-order valence-electron chi connectivity index (χ1n) is 16.5. The van der Waals surface area contributed by atoms with E-state index in [-0.39, 0.29) is 54.8 Å². The van der Waals surface area contributed by atoms with Crippen LogP contribution in [-0.2, 0) is 29.7 Å². The number of ether oxygens (including phenoxy) is 2. The molecule has 51 heavy (non-hydrogen) atoms. The fraction of sp³-hybridized carbons (Fsp3) is 0.270. The van der Waals surface area contributed by atoms with Crippen molar-refractivity contribution in [2.24, 2.45) is 7.05 Å². The van der Waals surface area contributed by atoms with Gasteiger partial charge in [-0.2, -0.15) is 0 Å². The second-order valence-electron chi connectivity index (χ2n) is 12.8. The van der Waals surface area contributed by atoms with E-state index in [9.17, 15) is 23.6 Å². The molecule has 4 heterocycles. The molecule has 2 atom stereocenters. The molecule has 3 aromatic carbocycles. The molecule has 3 N–H and O–H groups in total. The lowest BCUT2D eigenvalue weighted by molar-refractivity contribution is -0.124. The van der Waals surface area contributed by atoms with Crippen LogP contribution in [0.1, 0.15) is 49.0 Å². The zero-order valence-corrected chi connectivity index (χ0v) is 28.0. The molecule has 4 bridgehead atoms. The Hall–Kier alpha value is -6.02. The van der Waals surface area contributed by atoms with E-state index in [1.807, 2.05) is 24.3 Å². The number of imidazole rings is 1. The first-order chi connectivity index (χ1) is 24.6. The van der Waals surface area contributed by atoms with Crippen molar-refractivity contribution in [2.45, 2.75) is 31.7 Å². The largest absolute Gasteiger partial charge is 0.457 e. The fourth-order valence-electron chi connectivity index (χ4n) is 6.43. The topological polar surface area (TPSA) is 151 Å². The molecule has 262 valence electrons. The van der Waals surface area contributed by atoms with Gasteiger partial charge in [0.15, 0.2) is 0 Å². The van der Waals surface area contributed by atoms with Crippen LogP contribution in [0.5, 0.6) is 11.5 Å². The minimum atomic E-state index is -0.610. The lowest BCUT2D eigenvalue weighted by Crippen LogP contribution is -2.58. The SMILES string of the molecule is CN1CC(=O)N[C@@H]2CN(C(=O)c3cccn3C)CC[C@@H]2OCc2cc(F)cc(c2)Oc2cc(C(=O)NCc3nc4ccccc4[nH]3)cc(c2)C1=O. The number of likely N-dealkylation sites (tertiary alicyclic amines) is 1. The summed E-state index contributed by atoms with van der Waals surface area (Å²) < 4.78 is 28.9. The van der Waals surface area contributed by atoms with Crippen molar-refractivity contribution in [3.63, 3.8) is 0 Å². The number of hydrogen-bond acceptors (Lipinski definition) is 7. The minimum Gasteiger partial charge on any atom is -0.457 e. The molecule has 0 unspecified atom stereocenters. The Bertz CT molecular complexity index is 2110. The van der Waals surface area contributed by atoms with E-state index in [1.54, 1.807) is 40.9 Å². The predicted molar refractivity (Wildman–Crippen MR) is 184 cm³/mol. The number of halogens is 1. The molecule has 4 amide bonds. The van der Waals surface area contributed by atoms with Crippen molar-refractivity contribution in [2.75, 3.05) is 26.7 Å². The lowest BCUT2D eigenvalue weighted by Gasteiger charge is -2.39. The molecule has 0 aliphatic carbocycles. The number of para-hydroxylation sites is 2. The minimum absolute atomic E-state index is 0.00475. The van der Waals surface area contributed by atoms with E-state index in [1.165, 1.54) is 42.3 Å². The van der Waals surface area contributed by atoms with E-state index in [0.717, 1.165) is 11.0 Å². The van der Waals surface area contributed by atoms with Crippen LogP contribution in [0.15, 0.2) is 79.0 Å². The number of aryl methyl sites for hydroxylation is 1. The molecule has 0 spiro atoms. The van der Waals surface area contributed by atoms with Crippen LogP contribution in [0.3, 0.4) is 0 Å². The molecule has 1 saturated heterocycles. The highest BCUT2D eigenvalue weighted by Crippen LogP contribution is 2.28. The van der Waals surface area contributed by atoms with Gasteiger partial charge in [0.1, 0.15) is 28.8 Å². The summed E-state index contributed by atoms with van der Waals surface area (Å²) in [6, 6.07) is 18.8. The van der Waals surface area contributed by atoms with Gasteiger partial charge in [-0.3, -0.25) is 19.2 Å². The van der Waals surface area contributed by atoms with Crippen molar-refractivity contribution in [1.29, 1.82) is 0 Å². The predicted octanol–water partition coefficient (Wildman–Crippen LogP) is 3.76. The van der Waals surface area contributed by atoms with Crippen molar-refractivity contribution < 1.29 is 33.0 Å². The van der Waals surface area contributed by atoms with Crippen LogP contribution >= 0.6 is 0 Å². The summed E-state index contributed by atoms with van der Waals surface area (Å²) >= 11 is 0. The smallest absolute Gasteiger partial charge is 0.270 e. The number of amides is 4. The highest BCUT2D eigenvalue weighted by molar-refractivity contribution is 6.01. The normalized spacial score (nSPS) is 18.2. The number of H-pyrrole nitrogens is 1. The Morgan fingerprint density at radius 2 is 1.84 bits per heavy atom. The van der Waals surface area contributed by atoms with Crippen molar-refractivity contribution in [1.82, 2.24) is 35.0 Å². The van der Waals surface area contributed by atoms with Crippen LogP contribution in [0.2, 0.25) is 0 Å². The fourth-order valence-corrected chi connectivity index (χ4v) is 6.43. The first kappa shape index (κ1) is 33.5. The summed E-state index contributed by atoms with van der Waals surface area (Å²) in [7, 11) is 3.26. The highest BCUT2D eigenvalue weighted by Gasteiger charge is 2.35. The van der Waals surface area contributed by atoms with Gasteiger partial charge in [0.2, 0.25) is 5.91 Å². The van der Waals surface area contributed by atoms with E-state index in [0.29, 0.717) is 30.0 Å². The number of nitrogens with zero attached hydrogens (tertiary/aromatic N) is 4. The summed E-state index contributed by atoms with van der Waals surface area (Å²) in [6.07, 6.45) is 1.70. The van der Waals surface area contributed by atoms with Crippen molar-refractivity contribution in [3.05, 3.63) is 113 Å². The maximum Gasteiger partial charge on any atom is 0.270 e. The van der Waals surface area contributed by atoms with Gasteiger partial charge in [0.25, 0.3) is 17.7 Å². The number of piperidine rings is 1. The first-order valence-corrected chi connectivity index (χ1v) is 16.5. The van der Waals surface area contributed by atoms with Gasteiger partial charge in [0, 0.05) is 50.6 Å². The Kier molecular flexibility index (Phi) is 9.24. The Morgan fingerprint density at radius 1 is 1.02 bits per heavy atom. The van der Waals surface area contributed by atoms with E-state index in [2.05, 4.69) is 20.6 Å². The number of likely N-dealkylation sites (N-methyl/N-ethyl adjacent to an activating group) is 1. The molecule has 13 nitrogen and oxygen atoms in total. The number of rotatable bonds is 4. The number of carbonyl (C=O) groups is 4. The number of nitrogens with one attached hydrogen (secondary N) is 3. The third kappa shape index (κ3) is 7.45. The average molecular weight is 694 g/mol. The van der Waals surface area contributed by atoms with E-state index >= 15 is 0 Å². The lowest BCUT2D eigenvalue weighted by atomic mass is 10.0. The molecule has 1 fully saturated rings. The molecule has 7 rings (SSSR count). The molecule has 5 aromatic rings. The van der Waals surface area contributed by atoms with E-state index in [4.69, 9.17) is 9.47 Å². The number of fused-ring (bicyclic) bond motifs is 6.